The smallest absolute Gasteiger partial charge is 0.321 e. The van der Waals surface area contributed by atoms with Crippen LogP contribution in [-0.4, -0.2) is 41.0 Å². The van der Waals surface area contributed by atoms with Crippen molar-refractivity contribution >= 4 is 22.7 Å². The molecule has 3 N–H and O–H groups in total. The summed E-state index contributed by atoms with van der Waals surface area (Å²) in [4.78, 5) is 27.2. The third-order valence-corrected chi connectivity index (χ3v) is 4.79. The minimum Gasteiger partial charge on any atom is -0.494 e. The number of Topliss-reactive ketones (excluding diaryl/α,β-unsaturated/α-hetero) is 1. The molecule has 29 heavy (non-hydrogen) atoms. The number of carboxylic acids is 1. The summed E-state index contributed by atoms with van der Waals surface area (Å²) >= 11 is 0. The van der Waals surface area contributed by atoms with Crippen molar-refractivity contribution in [3.63, 3.8) is 0 Å². The SMILES string of the molecule is CCCOc1ccc(C(=O)CCN[C@H](Cc2c[nH]c3ccccc23)C(=O)O)cc1. The normalized spacial score (nSPS) is 12.0. The molecule has 0 saturated heterocycles. The lowest BCUT2D eigenvalue weighted by Gasteiger charge is -2.14. The van der Waals surface area contributed by atoms with E-state index in [9.17, 15) is 14.7 Å². The number of para-hydroxylation sites is 1. The van der Waals surface area contributed by atoms with Crippen LogP contribution in [-0.2, 0) is 11.2 Å². The van der Waals surface area contributed by atoms with Crippen LogP contribution in [0, 0.1) is 0 Å². The Kier molecular flexibility index (Phi) is 7.03. The van der Waals surface area contributed by atoms with E-state index in [1.54, 1.807) is 24.3 Å². The molecule has 3 aromatic rings. The maximum Gasteiger partial charge on any atom is 0.321 e. The van der Waals surface area contributed by atoms with Gasteiger partial charge in [0, 0.05) is 42.0 Å². The molecule has 0 bridgehead atoms. The Morgan fingerprint density at radius 3 is 2.62 bits per heavy atom. The summed E-state index contributed by atoms with van der Waals surface area (Å²) < 4.78 is 5.52. The van der Waals surface area contributed by atoms with E-state index >= 15 is 0 Å². The number of benzene rings is 2. The van der Waals surface area contributed by atoms with Crippen LogP contribution in [0.3, 0.4) is 0 Å². The number of carbonyl (C=O) groups excluding carboxylic acids is 1. The topological polar surface area (TPSA) is 91.4 Å². The number of H-pyrrole nitrogens is 1. The number of aromatic amines is 1. The van der Waals surface area contributed by atoms with Gasteiger partial charge >= 0.3 is 5.97 Å². The third-order valence-electron chi connectivity index (χ3n) is 4.79. The number of aromatic nitrogens is 1. The Morgan fingerprint density at radius 2 is 1.90 bits per heavy atom. The Hall–Kier alpha value is -3.12. The minimum absolute atomic E-state index is 0.0317. The lowest BCUT2D eigenvalue weighted by molar-refractivity contribution is -0.139. The Morgan fingerprint density at radius 1 is 1.14 bits per heavy atom. The van der Waals surface area contributed by atoms with Crippen molar-refractivity contribution < 1.29 is 19.4 Å². The van der Waals surface area contributed by atoms with Gasteiger partial charge in [-0.25, -0.2) is 0 Å². The van der Waals surface area contributed by atoms with Gasteiger partial charge in [-0.1, -0.05) is 25.1 Å². The Labute approximate surface area is 169 Å². The quantitative estimate of drug-likeness (QED) is 0.430. The predicted octanol–water partition coefficient (Wildman–Crippen LogP) is 3.82. The highest BCUT2D eigenvalue weighted by Gasteiger charge is 2.19. The van der Waals surface area contributed by atoms with Gasteiger partial charge in [0.2, 0.25) is 0 Å². The van der Waals surface area contributed by atoms with Crippen molar-refractivity contribution in [1.29, 1.82) is 0 Å². The van der Waals surface area contributed by atoms with Gasteiger partial charge in [0.15, 0.2) is 5.78 Å². The fourth-order valence-corrected chi connectivity index (χ4v) is 3.23. The van der Waals surface area contributed by atoms with Gasteiger partial charge in [0.05, 0.1) is 6.61 Å². The van der Waals surface area contributed by atoms with Crippen molar-refractivity contribution in [2.24, 2.45) is 0 Å². The number of carboxylic acid groups (broad SMARTS) is 1. The average Bonchev–Trinajstić information content (AvgIpc) is 3.14. The van der Waals surface area contributed by atoms with Crippen LogP contribution in [0.25, 0.3) is 10.9 Å². The first-order valence-corrected chi connectivity index (χ1v) is 9.85. The number of fused-ring (bicyclic) bond motifs is 1. The van der Waals surface area contributed by atoms with Crippen molar-refractivity contribution in [2.75, 3.05) is 13.2 Å². The van der Waals surface area contributed by atoms with Gasteiger partial charge in [0.25, 0.3) is 0 Å². The number of carbonyl (C=O) groups is 2. The predicted molar refractivity (Wildman–Crippen MR) is 113 cm³/mol. The zero-order valence-electron chi connectivity index (χ0n) is 16.5. The number of rotatable bonds is 11. The van der Waals surface area contributed by atoms with Crippen molar-refractivity contribution in [3.8, 4) is 5.75 Å². The molecule has 1 aromatic heterocycles. The van der Waals surface area contributed by atoms with Crippen LogP contribution in [0.4, 0.5) is 0 Å². The van der Waals surface area contributed by atoms with Crippen LogP contribution in [0.1, 0.15) is 35.7 Å². The maximum atomic E-state index is 12.4. The lowest BCUT2D eigenvalue weighted by atomic mass is 10.0. The van der Waals surface area contributed by atoms with E-state index in [1.807, 2.05) is 37.4 Å². The fraction of sp³-hybridized carbons (Fsp3) is 0.304. The molecule has 0 radical (unpaired) electrons. The molecule has 1 heterocycles. The first-order valence-electron chi connectivity index (χ1n) is 9.85. The molecule has 3 rings (SSSR count). The zero-order chi connectivity index (χ0) is 20.6. The van der Waals surface area contributed by atoms with Gasteiger partial charge in [-0.2, -0.15) is 0 Å². The van der Waals surface area contributed by atoms with Gasteiger partial charge in [-0.05, 0) is 42.3 Å². The average molecular weight is 394 g/mol. The van der Waals surface area contributed by atoms with Crippen LogP contribution in [0.5, 0.6) is 5.75 Å². The molecule has 152 valence electrons. The number of hydrogen-bond acceptors (Lipinski definition) is 4. The second kappa shape index (κ2) is 9.89. The van der Waals surface area contributed by atoms with Crippen LogP contribution in [0.2, 0.25) is 0 Å². The maximum absolute atomic E-state index is 12.4. The van der Waals surface area contributed by atoms with E-state index in [4.69, 9.17) is 4.74 Å². The molecule has 6 heteroatoms. The monoisotopic (exact) mass is 394 g/mol. The van der Waals surface area contributed by atoms with E-state index in [-0.39, 0.29) is 12.2 Å². The fourth-order valence-electron chi connectivity index (χ4n) is 3.23. The number of hydrogen-bond donors (Lipinski definition) is 3. The van der Waals surface area contributed by atoms with Gasteiger partial charge in [0.1, 0.15) is 11.8 Å². The number of ketones is 1. The van der Waals surface area contributed by atoms with Crippen molar-refractivity contribution in [3.05, 3.63) is 65.9 Å². The summed E-state index contributed by atoms with van der Waals surface area (Å²) in [5.41, 5.74) is 2.52. The number of ether oxygens (including phenoxy) is 1. The van der Waals surface area contributed by atoms with Crippen molar-refractivity contribution in [1.82, 2.24) is 10.3 Å². The molecular weight excluding hydrogens is 368 g/mol. The molecular formula is C23H26N2O4. The van der Waals surface area contributed by atoms with E-state index < -0.39 is 12.0 Å². The van der Waals surface area contributed by atoms with Crippen LogP contribution < -0.4 is 10.1 Å². The first kappa shape index (κ1) is 20.6. The Bertz CT molecular complexity index is 962. The molecule has 0 saturated carbocycles. The molecule has 6 nitrogen and oxygen atoms in total. The minimum atomic E-state index is -0.930. The number of nitrogens with one attached hydrogen (secondary N) is 2. The van der Waals surface area contributed by atoms with E-state index in [1.165, 1.54) is 0 Å². The lowest BCUT2D eigenvalue weighted by Crippen LogP contribution is -2.39. The molecule has 0 aliphatic carbocycles. The molecule has 0 fully saturated rings. The molecule has 0 spiro atoms. The van der Waals surface area contributed by atoms with E-state index in [0.717, 1.165) is 28.6 Å². The first-order chi connectivity index (χ1) is 14.1. The van der Waals surface area contributed by atoms with E-state index in [2.05, 4.69) is 10.3 Å². The van der Waals surface area contributed by atoms with Crippen molar-refractivity contribution in [2.45, 2.75) is 32.2 Å². The third kappa shape index (κ3) is 5.45. The summed E-state index contributed by atoms with van der Waals surface area (Å²) in [6.07, 6.45) is 3.34. The largest absolute Gasteiger partial charge is 0.494 e. The molecule has 0 unspecified atom stereocenters. The highest BCUT2D eigenvalue weighted by Crippen LogP contribution is 2.19. The highest BCUT2D eigenvalue weighted by atomic mass is 16.5. The summed E-state index contributed by atoms with van der Waals surface area (Å²) in [7, 11) is 0. The molecule has 2 aromatic carbocycles. The summed E-state index contributed by atoms with van der Waals surface area (Å²) in [6.45, 7) is 2.98. The van der Waals surface area contributed by atoms with Gasteiger partial charge < -0.3 is 20.1 Å². The second-order valence-electron chi connectivity index (χ2n) is 6.95. The van der Waals surface area contributed by atoms with Gasteiger partial charge in [-0.15, -0.1) is 0 Å². The van der Waals surface area contributed by atoms with Gasteiger partial charge in [-0.3, -0.25) is 9.59 Å². The molecule has 0 aliphatic heterocycles. The van der Waals surface area contributed by atoms with Crippen LogP contribution in [0.15, 0.2) is 54.7 Å². The summed E-state index contributed by atoms with van der Waals surface area (Å²) in [5, 5.41) is 13.6. The summed E-state index contributed by atoms with van der Waals surface area (Å²) in [5.74, 6) is -0.220. The highest BCUT2D eigenvalue weighted by molar-refractivity contribution is 5.96. The molecule has 1 atom stereocenters. The Balaban J connectivity index is 1.54. The summed E-state index contributed by atoms with van der Waals surface area (Å²) in [6, 6.07) is 14.1. The zero-order valence-corrected chi connectivity index (χ0v) is 16.5. The standard InChI is InChI=1S/C23H26N2O4/c1-2-13-29-18-9-7-16(8-10-18)22(26)11-12-24-21(23(27)28)14-17-15-25-20-6-4-3-5-19(17)20/h3-10,15,21,24-25H,2,11-14H2,1H3,(H,27,28)/t21-/m1/s1. The van der Waals surface area contributed by atoms with E-state index in [0.29, 0.717) is 25.1 Å². The number of aliphatic carboxylic acids is 1. The van der Waals surface area contributed by atoms with Crippen LogP contribution >= 0.6 is 0 Å². The second-order valence-corrected chi connectivity index (χ2v) is 6.95. The molecule has 0 amide bonds. The molecule has 0 aliphatic rings.